The first-order chi connectivity index (χ1) is 6.67. The Morgan fingerprint density at radius 3 is 2.79 bits per heavy atom. The Hall–Kier alpha value is -0.950. The molecule has 1 nitrogen and oxygen atoms in total. The van der Waals surface area contributed by atoms with Crippen LogP contribution < -0.4 is 4.74 Å². The van der Waals surface area contributed by atoms with Crippen molar-refractivity contribution in [2.75, 3.05) is 7.11 Å². The minimum absolute atomic E-state index is 0.126. The van der Waals surface area contributed by atoms with Gasteiger partial charge in [0.2, 0.25) is 0 Å². The van der Waals surface area contributed by atoms with Crippen LogP contribution in [0.2, 0.25) is 0 Å². The number of hydrogen-bond donors (Lipinski definition) is 0. The molecule has 0 spiro atoms. The standard InChI is InChI=1S/C12H15ClO/c1-4-10-5-6-12(14-3)8-11(10)7-9(2)13/h4-6,8-9H,1,7H2,2-3H3. The van der Waals surface area contributed by atoms with Gasteiger partial charge in [0.25, 0.3) is 0 Å². The lowest BCUT2D eigenvalue weighted by Crippen LogP contribution is -1.99. The first kappa shape index (κ1) is 11.1. The van der Waals surface area contributed by atoms with Crippen LogP contribution in [0.5, 0.6) is 5.75 Å². The minimum atomic E-state index is 0.126. The van der Waals surface area contributed by atoms with Gasteiger partial charge in [0, 0.05) is 5.38 Å². The van der Waals surface area contributed by atoms with Gasteiger partial charge < -0.3 is 4.74 Å². The molecule has 1 aromatic carbocycles. The average molecular weight is 211 g/mol. The fourth-order valence-electron chi connectivity index (χ4n) is 1.39. The van der Waals surface area contributed by atoms with Crippen LogP contribution in [-0.4, -0.2) is 12.5 Å². The summed E-state index contributed by atoms with van der Waals surface area (Å²) >= 11 is 5.96. The van der Waals surface area contributed by atoms with E-state index >= 15 is 0 Å². The van der Waals surface area contributed by atoms with Crippen molar-refractivity contribution in [3.8, 4) is 5.75 Å². The summed E-state index contributed by atoms with van der Waals surface area (Å²) in [5.74, 6) is 0.864. The van der Waals surface area contributed by atoms with Crippen molar-refractivity contribution in [2.45, 2.75) is 18.7 Å². The number of hydrogen-bond acceptors (Lipinski definition) is 1. The van der Waals surface area contributed by atoms with Crippen LogP contribution in [0.1, 0.15) is 18.1 Å². The molecular formula is C12H15ClO. The predicted molar refractivity (Wildman–Crippen MR) is 62.1 cm³/mol. The van der Waals surface area contributed by atoms with Gasteiger partial charge in [0.1, 0.15) is 5.75 Å². The topological polar surface area (TPSA) is 9.23 Å². The highest BCUT2D eigenvalue weighted by Crippen LogP contribution is 2.21. The molecule has 0 aliphatic carbocycles. The summed E-state index contributed by atoms with van der Waals surface area (Å²) < 4.78 is 5.16. The molecule has 2 heteroatoms. The lowest BCUT2D eigenvalue weighted by Gasteiger charge is -2.09. The highest BCUT2D eigenvalue weighted by Gasteiger charge is 2.05. The van der Waals surface area contributed by atoms with Crippen molar-refractivity contribution in [1.29, 1.82) is 0 Å². The molecule has 1 aromatic rings. The van der Waals surface area contributed by atoms with Crippen LogP contribution >= 0.6 is 11.6 Å². The molecule has 0 heterocycles. The summed E-state index contributed by atoms with van der Waals surface area (Å²) in [5, 5.41) is 0.126. The normalized spacial score (nSPS) is 12.2. The maximum Gasteiger partial charge on any atom is 0.119 e. The van der Waals surface area contributed by atoms with Crippen molar-refractivity contribution in [2.24, 2.45) is 0 Å². The van der Waals surface area contributed by atoms with Crippen LogP contribution in [0, 0.1) is 0 Å². The van der Waals surface area contributed by atoms with E-state index in [1.165, 1.54) is 5.56 Å². The molecule has 0 aliphatic heterocycles. The average Bonchev–Trinajstić information content (AvgIpc) is 2.16. The third-order valence-electron chi connectivity index (χ3n) is 2.07. The summed E-state index contributed by atoms with van der Waals surface area (Å²) in [6, 6.07) is 5.94. The molecule has 0 bridgehead atoms. The zero-order valence-electron chi connectivity index (χ0n) is 8.59. The number of halogens is 1. The van der Waals surface area contributed by atoms with Gasteiger partial charge in [-0.3, -0.25) is 0 Å². The highest BCUT2D eigenvalue weighted by atomic mass is 35.5. The molecule has 0 N–H and O–H groups in total. The van der Waals surface area contributed by atoms with Crippen LogP contribution in [0.25, 0.3) is 6.08 Å². The first-order valence-corrected chi connectivity index (χ1v) is 5.04. The molecule has 0 saturated carbocycles. The third-order valence-corrected chi connectivity index (χ3v) is 2.23. The molecule has 1 atom stereocenters. The molecule has 0 saturated heterocycles. The Kier molecular flexibility index (Phi) is 4.02. The minimum Gasteiger partial charge on any atom is -0.497 e. The van der Waals surface area contributed by atoms with Gasteiger partial charge in [0.05, 0.1) is 7.11 Å². The maximum atomic E-state index is 5.96. The second kappa shape index (κ2) is 5.06. The van der Waals surface area contributed by atoms with E-state index in [4.69, 9.17) is 16.3 Å². The number of ether oxygens (including phenoxy) is 1. The monoisotopic (exact) mass is 210 g/mol. The van der Waals surface area contributed by atoms with E-state index in [1.54, 1.807) is 7.11 Å². The number of benzene rings is 1. The summed E-state index contributed by atoms with van der Waals surface area (Å²) in [7, 11) is 1.66. The number of alkyl halides is 1. The van der Waals surface area contributed by atoms with Crippen molar-refractivity contribution in [3.63, 3.8) is 0 Å². The van der Waals surface area contributed by atoms with Gasteiger partial charge >= 0.3 is 0 Å². The predicted octanol–water partition coefficient (Wildman–Crippen LogP) is 3.51. The molecule has 0 radical (unpaired) electrons. The van der Waals surface area contributed by atoms with E-state index in [-0.39, 0.29) is 5.38 Å². The van der Waals surface area contributed by atoms with Gasteiger partial charge in [-0.1, -0.05) is 18.7 Å². The zero-order chi connectivity index (χ0) is 10.6. The largest absolute Gasteiger partial charge is 0.497 e. The lowest BCUT2D eigenvalue weighted by molar-refractivity contribution is 0.414. The van der Waals surface area contributed by atoms with Gasteiger partial charge in [0.15, 0.2) is 0 Å². The Balaban J connectivity index is 3.01. The first-order valence-electron chi connectivity index (χ1n) is 4.60. The molecule has 0 aromatic heterocycles. The molecule has 0 amide bonds. The molecule has 0 aliphatic rings. The lowest BCUT2D eigenvalue weighted by atomic mass is 10.0. The highest BCUT2D eigenvalue weighted by molar-refractivity contribution is 6.20. The summed E-state index contributed by atoms with van der Waals surface area (Å²) in [6.45, 7) is 5.75. The molecule has 14 heavy (non-hydrogen) atoms. The Morgan fingerprint density at radius 2 is 2.29 bits per heavy atom. The van der Waals surface area contributed by atoms with Crippen LogP contribution in [0.3, 0.4) is 0 Å². The molecule has 1 unspecified atom stereocenters. The fraction of sp³-hybridized carbons (Fsp3) is 0.333. The number of methoxy groups -OCH3 is 1. The van der Waals surface area contributed by atoms with E-state index in [2.05, 4.69) is 6.58 Å². The summed E-state index contributed by atoms with van der Waals surface area (Å²) in [4.78, 5) is 0. The van der Waals surface area contributed by atoms with Crippen molar-refractivity contribution >= 4 is 17.7 Å². The van der Waals surface area contributed by atoms with E-state index in [0.29, 0.717) is 0 Å². The van der Waals surface area contributed by atoms with Crippen molar-refractivity contribution in [3.05, 3.63) is 35.9 Å². The van der Waals surface area contributed by atoms with Gasteiger partial charge in [-0.2, -0.15) is 0 Å². The second-order valence-corrected chi connectivity index (χ2v) is 4.00. The van der Waals surface area contributed by atoms with E-state index in [9.17, 15) is 0 Å². The van der Waals surface area contributed by atoms with Crippen LogP contribution in [-0.2, 0) is 6.42 Å². The molecular weight excluding hydrogens is 196 g/mol. The second-order valence-electron chi connectivity index (χ2n) is 3.25. The maximum absolute atomic E-state index is 5.96. The van der Waals surface area contributed by atoms with E-state index in [0.717, 1.165) is 17.7 Å². The fourth-order valence-corrected chi connectivity index (χ4v) is 1.55. The quantitative estimate of drug-likeness (QED) is 0.692. The van der Waals surface area contributed by atoms with Gasteiger partial charge in [-0.15, -0.1) is 11.6 Å². The van der Waals surface area contributed by atoms with Gasteiger partial charge in [-0.05, 0) is 36.6 Å². The third kappa shape index (κ3) is 2.78. The Labute approximate surface area is 90.3 Å². The summed E-state index contributed by atoms with van der Waals surface area (Å²) in [5.41, 5.74) is 2.31. The number of rotatable bonds is 4. The Bertz CT molecular complexity index is 318. The van der Waals surface area contributed by atoms with E-state index < -0.39 is 0 Å². The van der Waals surface area contributed by atoms with Crippen LogP contribution in [0.4, 0.5) is 0 Å². The molecule has 76 valence electrons. The Morgan fingerprint density at radius 1 is 1.57 bits per heavy atom. The SMILES string of the molecule is C=Cc1ccc(OC)cc1CC(C)Cl. The van der Waals surface area contributed by atoms with Crippen molar-refractivity contribution in [1.82, 2.24) is 0 Å². The smallest absolute Gasteiger partial charge is 0.119 e. The van der Waals surface area contributed by atoms with Crippen LogP contribution in [0.15, 0.2) is 24.8 Å². The molecule has 1 rings (SSSR count). The molecule has 0 fully saturated rings. The summed E-state index contributed by atoms with van der Waals surface area (Å²) in [6.07, 6.45) is 2.67. The van der Waals surface area contributed by atoms with E-state index in [1.807, 2.05) is 31.2 Å². The van der Waals surface area contributed by atoms with Crippen molar-refractivity contribution < 1.29 is 4.74 Å². The van der Waals surface area contributed by atoms with Gasteiger partial charge in [-0.25, -0.2) is 0 Å². The zero-order valence-corrected chi connectivity index (χ0v) is 9.34.